The molecule has 0 amide bonds. The summed E-state index contributed by atoms with van der Waals surface area (Å²) in [6.45, 7) is 3.53. The van der Waals surface area contributed by atoms with Crippen LogP contribution in [0.1, 0.15) is 25.0 Å². The van der Waals surface area contributed by atoms with Crippen LogP contribution in [0.15, 0.2) is 30.3 Å². The van der Waals surface area contributed by atoms with Crippen molar-refractivity contribution in [2.24, 2.45) is 5.92 Å². The van der Waals surface area contributed by atoms with Crippen molar-refractivity contribution in [3.63, 3.8) is 0 Å². The molecule has 0 radical (unpaired) electrons. The average Bonchev–Trinajstić information content (AvgIpc) is 2.25. The van der Waals surface area contributed by atoms with Gasteiger partial charge in [-0.2, -0.15) is 13.2 Å². The zero-order chi connectivity index (χ0) is 13.1. The maximum atomic E-state index is 12.3. The van der Waals surface area contributed by atoms with Crippen molar-refractivity contribution >= 4 is 11.9 Å². The Labute approximate surface area is 98.0 Å². The minimum Gasteiger partial charge on any atom is -0.295 e. The van der Waals surface area contributed by atoms with Gasteiger partial charge in [0, 0.05) is 5.92 Å². The molecule has 0 aliphatic heterocycles. The second-order valence-electron chi connectivity index (χ2n) is 4.01. The standard InChI is InChI=1S/C13H13F3O/c1-9(2)12(17)8-5-10-3-6-11(7-4-10)13(14,15)16/h3-9H,1-2H3/b8-5+. The van der Waals surface area contributed by atoms with Gasteiger partial charge in [0.1, 0.15) is 0 Å². The molecule has 1 rings (SSSR count). The van der Waals surface area contributed by atoms with Crippen LogP contribution >= 0.6 is 0 Å². The number of ketones is 1. The van der Waals surface area contributed by atoms with Crippen LogP contribution in [0.2, 0.25) is 0 Å². The third-order valence-electron chi connectivity index (χ3n) is 2.25. The molecular formula is C13H13F3O. The van der Waals surface area contributed by atoms with Crippen molar-refractivity contribution < 1.29 is 18.0 Å². The lowest BCUT2D eigenvalue weighted by atomic mass is 10.1. The van der Waals surface area contributed by atoms with Gasteiger partial charge in [0.25, 0.3) is 0 Å². The highest BCUT2D eigenvalue weighted by atomic mass is 19.4. The van der Waals surface area contributed by atoms with E-state index >= 15 is 0 Å². The van der Waals surface area contributed by atoms with Gasteiger partial charge in [-0.15, -0.1) is 0 Å². The van der Waals surface area contributed by atoms with Gasteiger partial charge in [0.05, 0.1) is 5.56 Å². The molecule has 0 aliphatic rings. The Hall–Kier alpha value is -1.58. The zero-order valence-electron chi connectivity index (χ0n) is 9.58. The molecule has 0 N–H and O–H groups in total. The van der Waals surface area contributed by atoms with Crippen LogP contribution in [0.4, 0.5) is 13.2 Å². The summed E-state index contributed by atoms with van der Waals surface area (Å²) in [5.74, 6) is -0.161. The summed E-state index contributed by atoms with van der Waals surface area (Å²) in [5.41, 5.74) is -0.114. The Kier molecular flexibility index (Phi) is 4.10. The molecule has 0 atom stereocenters. The summed E-state index contributed by atoms with van der Waals surface area (Å²) < 4.78 is 36.8. The van der Waals surface area contributed by atoms with Crippen molar-refractivity contribution in [1.29, 1.82) is 0 Å². The second kappa shape index (κ2) is 5.17. The molecule has 1 aromatic rings. The molecule has 0 aliphatic carbocycles. The molecular weight excluding hydrogens is 229 g/mol. The maximum Gasteiger partial charge on any atom is 0.416 e. The van der Waals surface area contributed by atoms with E-state index in [1.807, 2.05) is 0 Å². The molecule has 0 saturated carbocycles. The minimum absolute atomic E-state index is 0.0510. The van der Waals surface area contributed by atoms with Crippen LogP contribution in [0.5, 0.6) is 0 Å². The number of carbonyl (C=O) groups is 1. The molecule has 1 nitrogen and oxygen atoms in total. The fourth-order valence-electron chi connectivity index (χ4n) is 1.15. The first kappa shape index (κ1) is 13.5. The van der Waals surface area contributed by atoms with Crippen LogP contribution in [0.25, 0.3) is 6.08 Å². The highest BCUT2D eigenvalue weighted by Crippen LogP contribution is 2.29. The van der Waals surface area contributed by atoms with Crippen LogP contribution in [-0.4, -0.2) is 5.78 Å². The van der Waals surface area contributed by atoms with E-state index in [1.165, 1.54) is 24.3 Å². The maximum absolute atomic E-state index is 12.3. The molecule has 0 fully saturated rings. The number of hydrogen-bond acceptors (Lipinski definition) is 1. The molecule has 0 bridgehead atoms. The molecule has 0 heterocycles. The van der Waals surface area contributed by atoms with Crippen molar-refractivity contribution in [2.45, 2.75) is 20.0 Å². The van der Waals surface area contributed by atoms with Crippen molar-refractivity contribution in [3.8, 4) is 0 Å². The van der Waals surface area contributed by atoms with E-state index in [4.69, 9.17) is 0 Å². The predicted octanol–water partition coefficient (Wildman–Crippen LogP) is 3.94. The number of halogens is 3. The number of hydrogen-bond donors (Lipinski definition) is 0. The Bertz CT molecular complexity index is 413. The molecule has 4 heteroatoms. The SMILES string of the molecule is CC(C)C(=O)/C=C/c1ccc(C(F)(F)F)cc1. The highest BCUT2D eigenvalue weighted by molar-refractivity contribution is 5.94. The Morgan fingerprint density at radius 3 is 2.12 bits per heavy atom. The molecule has 0 saturated heterocycles. The van der Waals surface area contributed by atoms with Gasteiger partial charge in [0.2, 0.25) is 0 Å². The van der Waals surface area contributed by atoms with Gasteiger partial charge in [-0.3, -0.25) is 4.79 Å². The lowest BCUT2D eigenvalue weighted by Gasteiger charge is -2.05. The Balaban J connectivity index is 2.79. The van der Waals surface area contributed by atoms with Gasteiger partial charge >= 0.3 is 6.18 Å². The summed E-state index contributed by atoms with van der Waals surface area (Å²) in [6, 6.07) is 4.68. The first-order valence-electron chi connectivity index (χ1n) is 5.20. The largest absolute Gasteiger partial charge is 0.416 e. The summed E-state index contributed by atoms with van der Waals surface area (Å²) in [6.07, 6.45) is -1.42. The van der Waals surface area contributed by atoms with E-state index in [-0.39, 0.29) is 11.7 Å². The van der Waals surface area contributed by atoms with Gasteiger partial charge < -0.3 is 0 Å². The number of carbonyl (C=O) groups excluding carboxylic acids is 1. The van der Waals surface area contributed by atoms with Crippen molar-refractivity contribution in [3.05, 3.63) is 41.5 Å². The smallest absolute Gasteiger partial charge is 0.295 e. The van der Waals surface area contributed by atoms with Gasteiger partial charge in [-0.25, -0.2) is 0 Å². The summed E-state index contributed by atoms with van der Waals surface area (Å²) in [7, 11) is 0. The zero-order valence-corrected chi connectivity index (χ0v) is 9.58. The number of benzene rings is 1. The Morgan fingerprint density at radius 2 is 1.71 bits per heavy atom. The van der Waals surface area contributed by atoms with Gasteiger partial charge in [-0.1, -0.05) is 32.1 Å². The van der Waals surface area contributed by atoms with Gasteiger partial charge in [0.15, 0.2) is 5.78 Å². The molecule has 1 aromatic carbocycles. The van der Waals surface area contributed by atoms with E-state index in [0.717, 1.165) is 12.1 Å². The lowest BCUT2D eigenvalue weighted by molar-refractivity contribution is -0.137. The number of allylic oxidation sites excluding steroid dienone is 1. The van der Waals surface area contributed by atoms with E-state index in [2.05, 4.69) is 0 Å². The molecule has 0 unspecified atom stereocenters. The number of rotatable bonds is 3. The third kappa shape index (κ3) is 4.06. The van der Waals surface area contributed by atoms with Crippen LogP contribution in [0, 0.1) is 5.92 Å². The van der Waals surface area contributed by atoms with Crippen molar-refractivity contribution in [1.82, 2.24) is 0 Å². The van der Waals surface area contributed by atoms with E-state index in [9.17, 15) is 18.0 Å². The predicted molar refractivity (Wildman–Crippen MR) is 60.3 cm³/mol. The van der Waals surface area contributed by atoms with Crippen LogP contribution < -0.4 is 0 Å². The van der Waals surface area contributed by atoms with Crippen LogP contribution in [-0.2, 0) is 11.0 Å². The van der Waals surface area contributed by atoms with E-state index < -0.39 is 11.7 Å². The Morgan fingerprint density at radius 1 is 1.18 bits per heavy atom. The molecule has 17 heavy (non-hydrogen) atoms. The van der Waals surface area contributed by atoms with E-state index in [1.54, 1.807) is 13.8 Å². The fraction of sp³-hybridized carbons (Fsp3) is 0.308. The first-order chi connectivity index (χ1) is 7.80. The fourth-order valence-corrected chi connectivity index (χ4v) is 1.15. The topological polar surface area (TPSA) is 17.1 Å². The first-order valence-corrected chi connectivity index (χ1v) is 5.20. The van der Waals surface area contributed by atoms with Gasteiger partial charge in [-0.05, 0) is 23.8 Å². The summed E-state index contributed by atoms with van der Waals surface area (Å²) in [5, 5.41) is 0. The lowest BCUT2D eigenvalue weighted by Crippen LogP contribution is -2.04. The minimum atomic E-state index is -4.32. The van der Waals surface area contributed by atoms with E-state index in [0.29, 0.717) is 5.56 Å². The van der Waals surface area contributed by atoms with Crippen LogP contribution in [0.3, 0.4) is 0 Å². The molecule has 0 spiro atoms. The highest BCUT2D eigenvalue weighted by Gasteiger charge is 2.29. The average molecular weight is 242 g/mol. The quantitative estimate of drug-likeness (QED) is 0.733. The summed E-state index contributed by atoms with van der Waals surface area (Å²) >= 11 is 0. The third-order valence-corrected chi connectivity index (χ3v) is 2.25. The van der Waals surface area contributed by atoms with Crippen molar-refractivity contribution in [2.75, 3.05) is 0 Å². The summed E-state index contributed by atoms with van der Waals surface area (Å²) in [4.78, 5) is 11.3. The molecule has 92 valence electrons. The molecule has 0 aromatic heterocycles. The number of alkyl halides is 3. The monoisotopic (exact) mass is 242 g/mol. The normalized spacial score (nSPS) is 12.4. The second-order valence-corrected chi connectivity index (χ2v) is 4.01.